The Hall–Kier alpha value is -2.56. The Morgan fingerprint density at radius 1 is 1.19 bits per heavy atom. The van der Waals surface area contributed by atoms with Crippen LogP contribution in [-0.2, 0) is 21.4 Å². The van der Waals surface area contributed by atoms with Gasteiger partial charge in [-0.3, -0.25) is 4.79 Å². The number of carbonyl (C=O) groups excluding carboxylic acids is 1. The number of anilines is 2. The number of fused-ring (bicyclic) bond motifs is 1. The zero-order valence-corrected chi connectivity index (χ0v) is 18.9. The van der Waals surface area contributed by atoms with Gasteiger partial charge in [-0.15, -0.1) is 0 Å². The van der Waals surface area contributed by atoms with E-state index in [4.69, 9.17) is 5.14 Å². The van der Waals surface area contributed by atoms with Crippen LogP contribution in [0.25, 0.3) is 11.0 Å². The van der Waals surface area contributed by atoms with Gasteiger partial charge < -0.3 is 14.8 Å². The second-order valence-electron chi connectivity index (χ2n) is 7.38. The predicted octanol–water partition coefficient (Wildman–Crippen LogP) is 3.03. The van der Waals surface area contributed by atoms with E-state index in [1.807, 2.05) is 35.8 Å². The number of aryl methyl sites for hydroxylation is 1. The van der Waals surface area contributed by atoms with Gasteiger partial charge in [0.25, 0.3) is 0 Å². The van der Waals surface area contributed by atoms with Crippen molar-refractivity contribution in [1.82, 2.24) is 9.55 Å². The van der Waals surface area contributed by atoms with E-state index in [1.165, 1.54) is 36.7 Å². The normalized spacial score (nSPS) is 14.3. The maximum Gasteiger partial charge on any atom is 0.238 e. The Bertz CT molecular complexity index is 1220. The molecule has 0 aliphatic carbocycles. The third kappa shape index (κ3) is 4.70. The number of para-hydroxylation sites is 2. The number of sulfonamides is 1. The number of nitrogens with one attached hydrogen (secondary N) is 1. The van der Waals surface area contributed by atoms with Gasteiger partial charge in [-0.2, -0.15) is 0 Å². The number of aromatic nitrogens is 2. The van der Waals surface area contributed by atoms with Crippen LogP contribution in [0.15, 0.2) is 52.5 Å². The van der Waals surface area contributed by atoms with Crippen LogP contribution in [0.3, 0.4) is 0 Å². The number of thioether (sulfide) groups is 1. The zero-order chi connectivity index (χ0) is 22.0. The lowest BCUT2D eigenvalue weighted by Crippen LogP contribution is -2.21. The summed E-state index contributed by atoms with van der Waals surface area (Å²) in [5.41, 5.74) is 3.21. The Kier molecular flexibility index (Phi) is 6.22. The Labute approximate surface area is 185 Å². The van der Waals surface area contributed by atoms with Gasteiger partial charge in [0, 0.05) is 19.6 Å². The summed E-state index contributed by atoms with van der Waals surface area (Å²) < 4.78 is 25.2. The zero-order valence-electron chi connectivity index (χ0n) is 17.2. The molecule has 1 aromatic heterocycles. The predicted molar refractivity (Wildman–Crippen MR) is 124 cm³/mol. The molecule has 0 saturated carbocycles. The Balaban J connectivity index is 1.50. The molecule has 10 heteroatoms. The lowest BCUT2D eigenvalue weighted by Gasteiger charge is -2.21. The summed E-state index contributed by atoms with van der Waals surface area (Å²) in [4.78, 5) is 19.5. The lowest BCUT2D eigenvalue weighted by atomic mass is 10.2. The van der Waals surface area contributed by atoms with Crippen LogP contribution in [0.4, 0.5) is 11.4 Å². The Morgan fingerprint density at radius 2 is 1.94 bits per heavy atom. The molecule has 8 nitrogen and oxygen atoms in total. The van der Waals surface area contributed by atoms with Crippen LogP contribution in [0.2, 0.25) is 0 Å². The van der Waals surface area contributed by atoms with E-state index in [9.17, 15) is 13.2 Å². The average molecular weight is 460 g/mol. The van der Waals surface area contributed by atoms with Crippen LogP contribution >= 0.6 is 11.8 Å². The minimum Gasteiger partial charge on any atom is -0.370 e. The van der Waals surface area contributed by atoms with Gasteiger partial charge in [0.2, 0.25) is 15.9 Å². The van der Waals surface area contributed by atoms with Gasteiger partial charge in [-0.1, -0.05) is 23.9 Å². The van der Waals surface area contributed by atoms with Crippen LogP contribution in [0.5, 0.6) is 0 Å². The number of nitrogens with two attached hydrogens (primary N) is 1. The largest absolute Gasteiger partial charge is 0.370 e. The van der Waals surface area contributed by atoms with Gasteiger partial charge in [0.1, 0.15) is 0 Å². The van der Waals surface area contributed by atoms with Crippen molar-refractivity contribution in [2.45, 2.75) is 36.4 Å². The summed E-state index contributed by atoms with van der Waals surface area (Å²) in [5.74, 6) is 0.0799. The fraction of sp³-hybridized carbons (Fsp3) is 0.333. The minimum absolute atomic E-state index is 0.0218. The first-order chi connectivity index (χ1) is 14.9. The van der Waals surface area contributed by atoms with E-state index in [-0.39, 0.29) is 16.6 Å². The average Bonchev–Trinajstić information content (AvgIpc) is 3.39. The molecule has 1 fully saturated rings. The highest BCUT2D eigenvalue weighted by molar-refractivity contribution is 7.99. The third-order valence-electron chi connectivity index (χ3n) is 5.29. The molecule has 3 N–H and O–H groups in total. The number of amides is 1. The molecule has 2 aromatic carbocycles. The number of carbonyl (C=O) groups is 1. The van der Waals surface area contributed by atoms with Gasteiger partial charge in [-0.25, -0.2) is 18.5 Å². The molecule has 4 rings (SSSR count). The molecule has 2 heterocycles. The fourth-order valence-corrected chi connectivity index (χ4v) is 5.22. The molecule has 0 radical (unpaired) electrons. The smallest absolute Gasteiger partial charge is 0.238 e. The summed E-state index contributed by atoms with van der Waals surface area (Å²) in [6, 6.07) is 12.5. The van der Waals surface area contributed by atoms with Gasteiger partial charge in [0.05, 0.1) is 33.1 Å². The van der Waals surface area contributed by atoms with E-state index in [1.54, 1.807) is 6.07 Å². The number of primary sulfonamides is 1. The van der Waals surface area contributed by atoms with Crippen molar-refractivity contribution < 1.29 is 13.2 Å². The van der Waals surface area contributed by atoms with E-state index >= 15 is 0 Å². The number of benzene rings is 2. The van der Waals surface area contributed by atoms with Crippen LogP contribution < -0.4 is 15.4 Å². The molecule has 0 bridgehead atoms. The van der Waals surface area contributed by atoms with E-state index in [2.05, 4.69) is 15.2 Å². The summed E-state index contributed by atoms with van der Waals surface area (Å²) in [5, 5.41) is 8.91. The highest BCUT2D eigenvalue weighted by Crippen LogP contribution is 2.30. The van der Waals surface area contributed by atoms with Crippen LogP contribution in [-0.4, -0.2) is 42.7 Å². The minimum atomic E-state index is -3.80. The number of imidazole rings is 1. The van der Waals surface area contributed by atoms with Crippen LogP contribution in [0.1, 0.15) is 19.8 Å². The lowest BCUT2D eigenvalue weighted by molar-refractivity contribution is -0.113. The first-order valence-corrected chi connectivity index (χ1v) is 12.7. The van der Waals surface area contributed by atoms with Crippen molar-refractivity contribution in [2.75, 3.05) is 29.1 Å². The van der Waals surface area contributed by atoms with E-state index < -0.39 is 10.0 Å². The number of hydrogen-bond donors (Lipinski definition) is 2. The molecule has 31 heavy (non-hydrogen) atoms. The molecule has 1 aliphatic heterocycles. The van der Waals surface area contributed by atoms with E-state index in [0.29, 0.717) is 17.2 Å². The highest BCUT2D eigenvalue weighted by Gasteiger charge is 2.18. The van der Waals surface area contributed by atoms with E-state index in [0.717, 1.165) is 30.0 Å². The summed E-state index contributed by atoms with van der Waals surface area (Å²) in [7, 11) is -3.80. The van der Waals surface area contributed by atoms with Gasteiger partial charge in [0.15, 0.2) is 5.16 Å². The monoisotopic (exact) mass is 459 g/mol. The summed E-state index contributed by atoms with van der Waals surface area (Å²) in [6.07, 6.45) is 2.33. The van der Waals surface area contributed by atoms with Crippen molar-refractivity contribution in [3.8, 4) is 0 Å². The second kappa shape index (κ2) is 8.89. The molecule has 1 aliphatic rings. The first-order valence-electron chi connectivity index (χ1n) is 10.2. The number of nitrogens with zero attached hydrogens (tertiary/aromatic N) is 3. The molecule has 1 saturated heterocycles. The molecular formula is C21H25N5O3S2. The summed E-state index contributed by atoms with van der Waals surface area (Å²) in [6.45, 7) is 4.63. The molecular weight excluding hydrogens is 434 g/mol. The quantitative estimate of drug-likeness (QED) is 0.526. The molecule has 0 spiro atoms. The number of hydrogen-bond acceptors (Lipinski definition) is 6. The fourth-order valence-electron chi connectivity index (χ4n) is 3.81. The summed E-state index contributed by atoms with van der Waals surface area (Å²) >= 11 is 1.32. The molecule has 0 unspecified atom stereocenters. The maximum atomic E-state index is 12.7. The standard InChI is InChI=1S/C21H25N5O3S2/c1-2-26-19-10-9-15(31(22,28)29)13-17(19)24-21(26)30-14-20(27)23-16-7-3-4-8-18(16)25-11-5-6-12-25/h3-4,7-10,13H,2,5-6,11-12,14H2,1H3,(H,23,27)(H2,22,28,29). The molecule has 1 amide bonds. The maximum absolute atomic E-state index is 12.7. The van der Waals surface area contributed by atoms with Crippen molar-refractivity contribution in [2.24, 2.45) is 5.14 Å². The molecule has 3 aromatic rings. The SMILES string of the molecule is CCn1c(SCC(=O)Nc2ccccc2N2CCCC2)nc2cc(S(N)(=O)=O)ccc21. The van der Waals surface area contributed by atoms with Gasteiger partial charge >= 0.3 is 0 Å². The van der Waals surface area contributed by atoms with Crippen LogP contribution in [0, 0.1) is 0 Å². The second-order valence-corrected chi connectivity index (χ2v) is 9.89. The van der Waals surface area contributed by atoms with Crippen molar-refractivity contribution >= 4 is 50.1 Å². The van der Waals surface area contributed by atoms with Crippen molar-refractivity contribution in [1.29, 1.82) is 0 Å². The van der Waals surface area contributed by atoms with Crippen molar-refractivity contribution in [3.05, 3.63) is 42.5 Å². The molecule has 164 valence electrons. The topological polar surface area (TPSA) is 110 Å². The van der Waals surface area contributed by atoms with Crippen molar-refractivity contribution in [3.63, 3.8) is 0 Å². The van der Waals surface area contributed by atoms with Gasteiger partial charge in [-0.05, 0) is 50.1 Å². The number of rotatable bonds is 7. The third-order valence-corrected chi connectivity index (χ3v) is 7.17. The molecule has 0 atom stereocenters. The Morgan fingerprint density at radius 3 is 2.65 bits per heavy atom. The first kappa shape index (κ1) is 21.7. The highest BCUT2D eigenvalue weighted by atomic mass is 32.2.